The predicted octanol–water partition coefficient (Wildman–Crippen LogP) is 6.36. The van der Waals surface area contributed by atoms with Gasteiger partial charge in [0.2, 0.25) is 0 Å². The monoisotopic (exact) mass is 351 g/mol. The molecule has 2 aromatic rings. The average molecular weight is 351 g/mol. The van der Waals surface area contributed by atoms with Crippen LogP contribution in [0.15, 0.2) is 52.6 Å². The highest BCUT2D eigenvalue weighted by Crippen LogP contribution is 2.30. The first-order chi connectivity index (χ1) is 13.1. The van der Waals surface area contributed by atoms with Gasteiger partial charge in [0, 0.05) is 45.0 Å². The van der Waals surface area contributed by atoms with Gasteiger partial charge in [-0.05, 0) is 24.3 Å². The van der Waals surface area contributed by atoms with Gasteiger partial charge in [-0.3, -0.25) is 0 Å². The van der Waals surface area contributed by atoms with E-state index in [1.54, 1.807) is 48.6 Å². The Morgan fingerprint density at radius 2 is 0.630 bits per heavy atom. The minimum Gasteiger partial charge on any atom is -0.368 e. The maximum absolute atomic E-state index is 3.97. The van der Waals surface area contributed by atoms with Crippen LogP contribution in [-0.4, -0.2) is 16.5 Å². The third-order valence-electron chi connectivity index (χ3n) is 4.54. The lowest BCUT2D eigenvalue weighted by Crippen LogP contribution is -2.21. The molecule has 0 fully saturated rings. The van der Waals surface area contributed by atoms with E-state index in [1.807, 2.05) is 16.5 Å². The highest BCUT2D eigenvalue weighted by Gasteiger charge is 2.21. The van der Waals surface area contributed by atoms with Crippen molar-refractivity contribution in [2.24, 2.45) is 0 Å². The van der Waals surface area contributed by atoms with Gasteiger partial charge in [-0.25, -0.2) is 0 Å². The second kappa shape index (κ2) is 8.28. The second-order valence-corrected chi connectivity index (χ2v) is 5.68. The average Bonchev–Trinajstić information content (AvgIpc) is 3.17. The first kappa shape index (κ1) is 19.9. The Kier molecular flexibility index (Phi) is 6.09. The predicted molar refractivity (Wildman–Crippen MR) is 126 cm³/mol. The van der Waals surface area contributed by atoms with Crippen molar-refractivity contribution < 1.29 is 0 Å². The summed E-state index contributed by atoms with van der Waals surface area (Å²) >= 11 is 0. The Bertz CT molecular complexity index is 837. The molecule has 0 aromatic carbocycles. The molecular weight excluding hydrogens is 327 g/mol. The molecule has 3 heteroatoms. The summed E-state index contributed by atoms with van der Waals surface area (Å²) in [7, 11) is 1.96. The standard InChI is InChI=1S/C24H24BN2/c1-9-17-18(10-2)22(14-6)26(21(17)13-5)25-27-23(15-7)19(11-3)20(12-4)24(27)16-8/h9-16H,1-8H2. The smallest absolute Gasteiger partial charge is 0.368 e. The van der Waals surface area contributed by atoms with E-state index in [1.165, 1.54) is 0 Å². The van der Waals surface area contributed by atoms with Crippen molar-refractivity contribution in [1.29, 1.82) is 0 Å². The molecule has 0 aliphatic heterocycles. The summed E-state index contributed by atoms with van der Waals surface area (Å²) in [4.78, 5) is 0. The minimum absolute atomic E-state index is 0.897. The number of aromatic nitrogens is 2. The van der Waals surface area contributed by atoms with Crippen LogP contribution in [0.25, 0.3) is 48.6 Å². The third kappa shape index (κ3) is 2.98. The van der Waals surface area contributed by atoms with Crippen LogP contribution in [0.2, 0.25) is 0 Å². The van der Waals surface area contributed by atoms with Crippen molar-refractivity contribution in [3.8, 4) is 0 Å². The Hall–Kier alpha value is -3.46. The number of nitrogens with zero attached hydrogens (tertiary/aromatic N) is 2. The van der Waals surface area contributed by atoms with Crippen LogP contribution in [-0.2, 0) is 0 Å². The van der Waals surface area contributed by atoms with Crippen molar-refractivity contribution in [2.75, 3.05) is 0 Å². The van der Waals surface area contributed by atoms with E-state index in [4.69, 9.17) is 0 Å². The van der Waals surface area contributed by atoms with Crippen molar-refractivity contribution in [1.82, 2.24) is 8.96 Å². The molecule has 2 aromatic heterocycles. The van der Waals surface area contributed by atoms with Gasteiger partial charge in [-0.2, -0.15) is 0 Å². The first-order valence-corrected chi connectivity index (χ1v) is 8.49. The molecule has 0 atom stereocenters. The van der Waals surface area contributed by atoms with Crippen LogP contribution < -0.4 is 0 Å². The van der Waals surface area contributed by atoms with E-state index in [2.05, 4.69) is 52.6 Å². The fourth-order valence-corrected chi connectivity index (χ4v) is 3.39. The number of hydrogen-bond donors (Lipinski definition) is 0. The van der Waals surface area contributed by atoms with E-state index >= 15 is 0 Å². The lowest BCUT2D eigenvalue weighted by atomic mass is 10.1. The molecule has 2 rings (SSSR count). The van der Waals surface area contributed by atoms with Crippen molar-refractivity contribution in [3.63, 3.8) is 0 Å². The topological polar surface area (TPSA) is 9.86 Å². The van der Waals surface area contributed by atoms with Crippen LogP contribution in [0.3, 0.4) is 0 Å². The van der Waals surface area contributed by atoms with Gasteiger partial charge >= 0.3 is 7.55 Å². The van der Waals surface area contributed by atoms with Crippen molar-refractivity contribution in [2.45, 2.75) is 0 Å². The quantitative estimate of drug-likeness (QED) is 0.441. The first-order valence-electron chi connectivity index (χ1n) is 8.49. The maximum Gasteiger partial charge on any atom is 0.401 e. The molecule has 2 heterocycles. The van der Waals surface area contributed by atoms with E-state index in [0.29, 0.717) is 0 Å². The van der Waals surface area contributed by atoms with Gasteiger partial charge in [0.25, 0.3) is 0 Å². The molecule has 0 aliphatic rings. The summed E-state index contributed by atoms with van der Waals surface area (Å²) in [6, 6.07) is 0. The molecule has 1 radical (unpaired) electrons. The fourth-order valence-electron chi connectivity index (χ4n) is 3.39. The van der Waals surface area contributed by atoms with E-state index < -0.39 is 0 Å². The summed E-state index contributed by atoms with van der Waals surface area (Å²) < 4.78 is 4.02. The Labute approximate surface area is 163 Å². The second-order valence-electron chi connectivity index (χ2n) is 5.68. The Morgan fingerprint density at radius 1 is 0.407 bits per heavy atom. The van der Waals surface area contributed by atoms with Gasteiger partial charge in [0.1, 0.15) is 0 Å². The largest absolute Gasteiger partial charge is 0.401 e. The fraction of sp³-hybridized carbons (Fsp3) is 0. The minimum atomic E-state index is 0.897. The molecule has 2 nitrogen and oxygen atoms in total. The molecule has 0 N–H and O–H groups in total. The van der Waals surface area contributed by atoms with Crippen LogP contribution in [0.4, 0.5) is 0 Å². The van der Waals surface area contributed by atoms with E-state index in [0.717, 1.165) is 45.0 Å². The van der Waals surface area contributed by atoms with Gasteiger partial charge < -0.3 is 8.96 Å². The molecule has 133 valence electrons. The van der Waals surface area contributed by atoms with Crippen molar-refractivity contribution in [3.05, 3.63) is 97.7 Å². The molecule has 0 spiro atoms. The van der Waals surface area contributed by atoms with Gasteiger partial charge in [0.15, 0.2) is 0 Å². The highest BCUT2D eigenvalue weighted by atomic mass is 15.1. The molecule has 0 aliphatic carbocycles. The van der Waals surface area contributed by atoms with Crippen LogP contribution in [0.1, 0.15) is 45.0 Å². The summed E-state index contributed by atoms with van der Waals surface area (Å²) in [5, 5.41) is 0. The van der Waals surface area contributed by atoms with Crippen LogP contribution >= 0.6 is 0 Å². The normalized spacial score (nSPS) is 9.93. The van der Waals surface area contributed by atoms with Crippen molar-refractivity contribution >= 4 is 56.2 Å². The zero-order chi connectivity index (χ0) is 20.1. The molecule has 0 unspecified atom stereocenters. The lowest BCUT2D eigenvalue weighted by molar-refractivity contribution is 1.07. The molecule has 27 heavy (non-hydrogen) atoms. The molecule has 0 saturated heterocycles. The SMILES string of the molecule is C=Cc1c(C=C)c(C=C)n([B]n2c(C=C)c(C=C)c(C=C)c2C=C)c1C=C. The Balaban J connectivity index is 2.89. The molecule has 0 saturated carbocycles. The van der Waals surface area contributed by atoms with Gasteiger partial charge in [-0.15, -0.1) is 0 Å². The zero-order valence-corrected chi connectivity index (χ0v) is 15.7. The summed E-state index contributed by atoms with van der Waals surface area (Å²) in [6.07, 6.45) is 14.4. The number of rotatable bonds is 10. The highest BCUT2D eigenvalue weighted by molar-refractivity contribution is 6.34. The number of hydrogen-bond acceptors (Lipinski definition) is 0. The van der Waals surface area contributed by atoms with Crippen LogP contribution in [0, 0.1) is 0 Å². The van der Waals surface area contributed by atoms with Crippen LogP contribution in [0.5, 0.6) is 0 Å². The maximum atomic E-state index is 3.97. The molecule has 0 amide bonds. The van der Waals surface area contributed by atoms with Gasteiger partial charge in [-0.1, -0.05) is 76.9 Å². The summed E-state index contributed by atoms with van der Waals surface area (Å²) in [5.41, 5.74) is 7.39. The summed E-state index contributed by atoms with van der Waals surface area (Å²) in [5.74, 6) is 0. The van der Waals surface area contributed by atoms with Gasteiger partial charge in [0.05, 0.1) is 0 Å². The van der Waals surface area contributed by atoms with E-state index in [-0.39, 0.29) is 0 Å². The lowest BCUT2D eigenvalue weighted by Gasteiger charge is -2.14. The molecular formula is C24H24BN2. The summed E-state index contributed by atoms with van der Waals surface area (Å²) in [6.45, 7) is 31.6. The zero-order valence-electron chi connectivity index (χ0n) is 15.7. The molecule has 0 bridgehead atoms. The van der Waals surface area contributed by atoms with E-state index in [9.17, 15) is 0 Å². The Morgan fingerprint density at radius 3 is 0.778 bits per heavy atom. The third-order valence-corrected chi connectivity index (χ3v) is 4.54.